The highest BCUT2D eigenvalue weighted by Gasteiger charge is 2.11. The molecular formula is C17H18ClN3O2. The molecule has 2 aromatic rings. The zero-order chi connectivity index (χ0) is 16.8. The van der Waals surface area contributed by atoms with Gasteiger partial charge in [-0.3, -0.25) is 9.59 Å². The third-order valence-electron chi connectivity index (χ3n) is 3.24. The van der Waals surface area contributed by atoms with Gasteiger partial charge in [-0.1, -0.05) is 29.8 Å². The molecule has 0 saturated carbocycles. The number of anilines is 2. The van der Waals surface area contributed by atoms with Crippen molar-refractivity contribution in [3.8, 4) is 0 Å². The number of carbonyl (C=O) groups excluding carboxylic acids is 2. The van der Waals surface area contributed by atoms with Crippen LogP contribution in [0.5, 0.6) is 0 Å². The second kappa shape index (κ2) is 7.65. The first-order valence-electron chi connectivity index (χ1n) is 7.12. The van der Waals surface area contributed by atoms with E-state index in [0.717, 1.165) is 5.56 Å². The van der Waals surface area contributed by atoms with Crippen LogP contribution in [0.4, 0.5) is 11.4 Å². The van der Waals surface area contributed by atoms with Crippen LogP contribution < -0.4 is 16.0 Å². The van der Waals surface area contributed by atoms with Gasteiger partial charge in [-0.15, -0.1) is 0 Å². The van der Waals surface area contributed by atoms with Crippen molar-refractivity contribution in [2.75, 3.05) is 24.2 Å². The van der Waals surface area contributed by atoms with Gasteiger partial charge >= 0.3 is 0 Å². The molecule has 2 rings (SSSR count). The summed E-state index contributed by atoms with van der Waals surface area (Å²) in [5.41, 5.74) is 2.66. The van der Waals surface area contributed by atoms with E-state index in [-0.39, 0.29) is 18.4 Å². The second-order valence-corrected chi connectivity index (χ2v) is 5.42. The van der Waals surface area contributed by atoms with E-state index in [4.69, 9.17) is 11.6 Å². The largest absolute Gasteiger partial charge is 0.376 e. The standard InChI is InChI=1S/C17H18ClN3O2/c1-11-7-8-15(13(18)9-11)21-16(22)10-20-14-6-4-3-5-12(14)17(23)19-2/h3-9,20H,10H2,1-2H3,(H,19,23)(H,21,22). The quantitative estimate of drug-likeness (QED) is 0.788. The smallest absolute Gasteiger partial charge is 0.253 e. The molecule has 0 heterocycles. The molecule has 2 aromatic carbocycles. The Morgan fingerprint density at radius 1 is 1.09 bits per heavy atom. The minimum atomic E-state index is -0.248. The van der Waals surface area contributed by atoms with Gasteiger partial charge in [-0.25, -0.2) is 0 Å². The first-order chi connectivity index (χ1) is 11.0. The van der Waals surface area contributed by atoms with Crippen molar-refractivity contribution in [3.05, 3.63) is 58.6 Å². The molecule has 0 aliphatic heterocycles. The van der Waals surface area contributed by atoms with Crippen molar-refractivity contribution in [2.45, 2.75) is 6.92 Å². The Morgan fingerprint density at radius 3 is 2.52 bits per heavy atom. The van der Waals surface area contributed by atoms with Crippen LogP contribution in [-0.4, -0.2) is 25.4 Å². The monoisotopic (exact) mass is 331 g/mol. The Kier molecular flexibility index (Phi) is 5.60. The Hall–Kier alpha value is -2.53. The zero-order valence-corrected chi connectivity index (χ0v) is 13.7. The molecule has 0 aromatic heterocycles. The highest BCUT2D eigenvalue weighted by Crippen LogP contribution is 2.22. The molecule has 120 valence electrons. The normalized spacial score (nSPS) is 10.0. The number of nitrogens with one attached hydrogen (secondary N) is 3. The van der Waals surface area contributed by atoms with Crippen LogP contribution >= 0.6 is 11.6 Å². The van der Waals surface area contributed by atoms with E-state index in [1.807, 2.05) is 13.0 Å². The van der Waals surface area contributed by atoms with Crippen molar-refractivity contribution < 1.29 is 9.59 Å². The number of halogens is 1. The van der Waals surface area contributed by atoms with Crippen molar-refractivity contribution in [2.24, 2.45) is 0 Å². The summed E-state index contributed by atoms with van der Waals surface area (Å²) in [6.45, 7) is 1.95. The summed E-state index contributed by atoms with van der Waals surface area (Å²) in [6, 6.07) is 12.4. The van der Waals surface area contributed by atoms with Crippen LogP contribution in [0.15, 0.2) is 42.5 Å². The number of aryl methyl sites for hydroxylation is 1. The predicted molar refractivity (Wildman–Crippen MR) is 93.1 cm³/mol. The average Bonchev–Trinajstić information content (AvgIpc) is 2.55. The number of benzene rings is 2. The fraction of sp³-hybridized carbons (Fsp3) is 0.176. The molecule has 0 saturated heterocycles. The summed E-state index contributed by atoms with van der Waals surface area (Å²) in [6.07, 6.45) is 0. The first kappa shape index (κ1) is 16.8. The molecule has 0 bridgehead atoms. The molecule has 0 radical (unpaired) electrons. The molecule has 5 nitrogen and oxygen atoms in total. The van der Waals surface area contributed by atoms with Gasteiger partial charge in [0.1, 0.15) is 0 Å². The fourth-order valence-corrected chi connectivity index (χ4v) is 2.34. The second-order valence-electron chi connectivity index (χ2n) is 5.01. The van der Waals surface area contributed by atoms with E-state index in [2.05, 4.69) is 16.0 Å². The first-order valence-corrected chi connectivity index (χ1v) is 7.50. The van der Waals surface area contributed by atoms with E-state index in [9.17, 15) is 9.59 Å². The van der Waals surface area contributed by atoms with Gasteiger partial charge in [0.15, 0.2) is 0 Å². The van der Waals surface area contributed by atoms with E-state index < -0.39 is 0 Å². The van der Waals surface area contributed by atoms with E-state index in [1.165, 1.54) is 0 Å². The molecule has 2 amide bonds. The number of amides is 2. The lowest BCUT2D eigenvalue weighted by molar-refractivity contribution is -0.114. The Morgan fingerprint density at radius 2 is 1.83 bits per heavy atom. The van der Waals surface area contributed by atoms with Crippen molar-refractivity contribution in [3.63, 3.8) is 0 Å². The van der Waals surface area contributed by atoms with E-state index >= 15 is 0 Å². The number of hydrogen-bond donors (Lipinski definition) is 3. The molecule has 0 fully saturated rings. The SMILES string of the molecule is CNC(=O)c1ccccc1NCC(=O)Nc1ccc(C)cc1Cl. The summed E-state index contributed by atoms with van der Waals surface area (Å²) in [5, 5.41) is 8.75. The highest BCUT2D eigenvalue weighted by atomic mass is 35.5. The molecular weight excluding hydrogens is 314 g/mol. The lowest BCUT2D eigenvalue weighted by Crippen LogP contribution is -2.24. The number of para-hydroxylation sites is 1. The summed E-state index contributed by atoms with van der Waals surface area (Å²) < 4.78 is 0. The van der Waals surface area contributed by atoms with Crippen LogP contribution in [0.2, 0.25) is 5.02 Å². The summed E-state index contributed by atoms with van der Waals surface area (Å²) in [4.78, 5) is 23.8. The predicted octanol–water partition coefficient (Wildman–Crippen LogP) is 3.06. The van der Waals surface area contributed by atoms with E-state index in [1.54, 1.807) is 43.4 Å². The van der Waals surface area contributed by atoms with Gasteiger partial charge in [-0.05, 0) is 36.8 Å². The number of rotatable bonds is 5. The molecule has 3 N–H and O–H groups in total. The summed E-state index contributed by atoms with van der Waals surface area (Å²) >= 11 is 6.09. The Labute approximate surface area is 140 Å². The zero-order valence-electron chi connectivity index (χ0n) is 12.9. The third kappa shape index (κ3) is 4.47. The van der Waals surface area contributed by atoms with E-state index in [0.29, 0.717) is 22.0 Å². The van der Waals surface area contributed by atoms with Crippen LogP contribution in [0.1, 0.15) is 15.9 Å². The number of hydrogen-bond acceptors (Lipinski definition) is 3. The summed E-state index contributed by atoms with van der Waals surface area (Å²) in [5.74, 6) is -0.461. The molecule has 0 unspecified atom stereocenters. The van der Waals surface area contributed by atoms with Crippen molar-refractivity contribution >= 4 is 34.8 Å². The maximum absolute atomic E-state index is 12.0. The maximum atomic E-state index is 12.0. The van der Waals surface area contributed by atoms with Gasteiger partial charge in [0, 0.05) is 12.7 Å². The van der Waals surface area contributed by atoms with Gasteiger partial charge in [-0.2, -0.15) is 0 Å². The minimum absolute atomic E-state index is 0.0260. The lowest BCUT2D eigenvalue weighted by Gasteiger charge is -2.12. The fourth-order valence-electron chi connectivity index (χ4n) is 2.06. The Bertz CT molecular complexity index is 732. The highest BCUT2D eigenvalue weighted by molar-refractivity contribution is 6.33. The third-order valence-corrected chi connectivity index (χ3v) is 3.55. The maximum Gasteiger partial charge on any atom is 0.253 e. The van der Waals surface area contributed by atoms with Crippen LogP contribution in [0.25, 0.3) is 0 Å². The van der Waals surface area contributed by atoms with Crippen LogP contribution in [0.3, 0.4) is 0 Å². The minimum Gasteiger partial charge on any atom is -0.376 e. The topological polar surface area (TPSA) is 70.2 Å². The molecule has 0 aliphatic carbocycles. The van der Waals surface area contributed by atoms with Crippen LogP contribution in [-0.2, 0) is 4.79 Å². The van der Waals surface area contributed by atoms with Gasteiger partial charge in [0.25, 0.3) is 5.91 Å². The average molecular weight is 332 g/mol. The number of carbonyl (C=O) groups is 2. The molecule has 6 heteroatoms. The Balaban J connectivity index is 2.01. The molecule has 0 spiro atoms. The summed E-state index contributed by atoms with van der Waals surface area (Å²) in [7, 11) is 1.56. The molecule has 0 aliphatic rings. The lowest BCUT2D eigenvalue weighted by atomic mass is 10.1. The van der Waals surface area contributed by atoms with Crippen molar-refractivity contribution in [1.29, 1.82) is 0 Å². The van der Waals surface area contributed by atoms with Gasteiger partial charge in [0.05, 0.1) is 22.8 Å². The van der Waals surface area contributed by atoms with Gasteiger partial charge in [0.2, 0.25) is 5.91 Å². The van der Waals surface area contributed by atoms with Crippen LogP contribution in [0, 0.1) is 6.92 Å². The molecule has 0 atom stereocenters. The molecule has 23 heavy (non-hydrogen) atoms. The van der Waals surface area contributed by atoms with Crippen molar-refractivity contribution in [1.82, 2.24) is 5.32 Å². The van der Waals surface area contributed by atoms with Gasteiger partial charge < -0.3 is 16.0 Å².